The van der Waals surface area contributed by atoms with Gasteiger partial charge in [0.15, 0.2) is 17.3 Å². The van der Waals surface area contributed by atoms with Gasteiger partial charge in [-0.2, -0.15) is 4.98 Å². The quantitative estimate of drug-likeness (QED) is 0.477. The van der Waals surface area contributed by atoms with Crippen LogP contribution >= 0.6 is 0 Å². The fourth-order valence-electron chi connectivity index (χ4n) is 4.90. The zero-order valence-electron chi connectivity index (χ0n) is 19.6. The number of nitrogens with one attached hydrogen (secondary N) is 2. The highest BCUT2D eigenvalue weighted by molar-refractivity contribution is 5.76. The van der Waals surface area contributed by atoms with Gasteiger partial charge in [0.1, 0.15) is 17.0 Å². The minimum absolute atomic E-state index is 0.0350. The highest BCUT2D eigenvalue weighted by Crippen LogP contribution is 2.33. The Kier molecular flexibility index (Phi) is 7.05. The van der Waals surface area contributed by atoms with Crippen molar-refractivity contribution in [2.24, 2.45) is 0 Å². The van der Waals surface area contributed by atoms with Gasteiger partial charge in [-0.05, 0) is 45.4 Å². The molecule has 0 bridgehead atoms. The molecule has 1 saturated heterocycles. The number of nitrogens with zero attached hydrogens (tertiary/aromatic N) is 4. The van der Waals surface area contributed by atoms with Crippen molar-refractivity contribution in [3.8, 4) is 0 Å². The number of aromatic nitrogens is 4. The number of imidazole rings is 1. The predicted molar refractivity (Wildman–Crippen MR) is 125 cm³/mol. The number of hydrogen-bond donors (Lipinski definition) is 2. The van der Waals surface area contributed by atoms with E-state index >= 15 is 0 Å². The lowest BCUT2D eigenvalue weighted by molar-refractivity contribution is 0.0346. The van der Waals surface area contributed by atoms with Crippen LogP contribution in [0.3, 0.4) is 0 Å². The molecule has 2 fully saturated rings. The predicted octanol–water partition coefficient (Wildman–Crippen LogP) is 5.10. The van der Waals surface area contributed by atoms with Gasteiger partial charge < -0.3 is 20.1 Å². The fraction of sp³-hybridized carbons (Fsp3) is 0.542. The maximum atomic E-state index is 14.4. The molecule has 1 saturated carbocycles. The average Bonchev–Trinajstić information content (AvgIpc) is 3.20. The molecule has 1 aliphatic carbocycles. The lowest BCUT2D eigenvalue weighted by Crippen LogP contribution is -2.30. The minimum Gasteiger partial charge on any atom is -0.381 e. The second-order valence-corrected chi connectivity index (χ2v) is 8.99. The number of hydrogen-bond acceptors (Lipinski definition) is 7. The molecule has 188 valence electrons. The zero-order valence-corrected chi connectivity index (χ0v) is 19.6. The van der Waals surface area contributed by atoms with Crippen LogP contribution in [0.5, 0.6) is 0 Å². The van der Waals surface area contributed by atoms with Crippen molar-refractivity contribution in [2.45, 2.75) is 63.6 Å². The van der Waals surface area contributed by atoms with Crippen molar-refractivity contribution in [3.63, 3.8) is 0 Å². The molecule has 1 aromatic carbocycles. The summed E-state index contributed by atoms with van der Waals surface area (Å²) >= 11 is 0. The van der Waals surface area contributed by atoms with Crippen LogP contribution in [-0.2, 0) is 9.47 Å². The highest BCUT2D eigenvalue weighted by atomic mass is 19.1. The monoisotopic (exact) mass is 490 g/mol. The van der Waals surface area contributed by atoms with Crippen molar-refractivity contribution < 1.29 is 22.6 Å². The molecule has 0 amide bonds. The molecule has 2 N–H and O–H groups in total. The summed E-state index contributed by atoms with van der Waals surface area (Å²) in [7, 11) is 0. The third-order valence-electron chi connectivity index (χ3n) is 6.64. The molecular weight excluding hydrogens is 461 g/mol. The molecule has 3 heterocycles. The van der Waals surface area contributed by atoms with Crippen molar-refractivity contribution in [1.82, 2.24) is 19.5 Å². The SMILES string of the molecule is CCO[C@H]1CC[C@H](Nc2ncc3nc(Nc4c(F)cc(F)cc4F)n(C4CCOCC4)c3n2)CC1. The van der Waals surface area contributed by atoms with Gasteiger partial charge >= 0.3 is 0 Å². The summed E-state index contributed by atoms with van der Waals surface area (Å²) in [5.74, 6) is -2.36. The molecule has 0 atom stereocenters. The van der Waals surface area contributed by atoms with E-state index in [0.717, 1.165) is 32.3 Å². The summed E-state index contributed by atoms with van der Waals surface area (Å²) < 4.78 is 55.2. The lowest BCUT2D eigenvalue weighted by atomic mass is 9.93. The number of fused-ring (bicyclic) bond motifs is 1. The van der Waals surface area contributed by atoms with Crippen LogP contribution in [0.1, 0.15) is 51.5 Å². The Labute approximate surface area is 201 Å². The van der Waals surface area contributed by atoms with Gasteiger partial charge in [-0.15, -0.1) is 0 Å². The van der Waals surface area contributed by atoms with Crippen molar-refractivity contribution in [3.05, 3.63) is 35.8 Å². The summed E-state index contributed by atoms with van der Waals surface area (Å²) in [6, 6.07) is 1.47. The van der Waals surface area contributed by atoms with Crippen LogP contribution in [0.15, 0.2) is 18.3 Å². The Morgan fingerprint density at radius 3 is 2.43 bits per heavy atom. The summed E-state index contributed by atoms with van der Waals surface area (Å²) in [6.45, 7) is 3.85. The Morgan fingerprint density at radius 1 is 1.03 bits per heavy atom. The molecule has 3 aromatic rings. The topological polar surface area (TPSA) is 86.1 Å². The Morgan fingerprint density at radius 2 is 1.74 bits per heavy atom. The van der Waals surface area contributed by atoms with Gasteiger partial charge in [-0.3, -0.25) is 4.57 Å². The van der Waals surface area contributed by atoms with Crippen molar-refractivity contribution >= 4 is 28.7 Å². The molecule has 0 spiro atoms. The second kappa shape index (κ2) is 10.4. The second-order valence-electron chi connectivity index (χ2n) is 8.99. The molecule has 11 heteroatoms. The number of benzene rings is 1. The zero-order chi connectivity index (χ0) is 24.4. The molecule has 1 aliphatic heterocycles. The number of ether oxygens (including phenoxy) is 2. The first-order valence-corrected chi connectivity index (χ1v) is 12.1. The standard InChI is InChI=1S/C24H29F3N6O2/c1-2-35-17-5-3-15(4-6-17)29-23-28-13-20-22(32-23)33(16-7-9-34-10-8-16)24(30-20)31-21-18(26)11-14(25)12-19(21)27/h11-13,15-17H,2-10H2,1H3,(H,30,31)(H,28,29,32)/t15-,17-. The van der Waals surface area contributed by atoms with E-state index in [1.165, 1.54) is 0 Å². The van der Waals surface area contributed by atoms with E-state index in [2.05, 4.69) is 20.6 Å². The molecule has 0 unspecified atom stereocenters. The summed E-state index contributed by atoms with van der Waals surface area (Å²) in [4.78, 5) is 13.7. The van der Waals surface area contributed by atoms with E-state index < -0.39 is 23.1 Å². The van der Waals surface area contributed by atoms with Crippen LogP contribution in [0, 0.1) is 17.5 Å². The van der Waals surface area contributed by atoms with Crippen LogP contribution in [0.25, 0.3) is 11.2 Å². The van der Waals surface area contributed by atoms with Gasteiger partial charge in [-0.1, -0.05) is 0 Å². The van der Waals surface area contributed by atoms with Gasteiger partial charge in [0.2, 0.25) is 11.9 Å². The van der Waals surface area contributed by atoms with Crippen molar-refractivity contribution in [2.75, 3.05) is 30.5 Å². The summed E-state index contributed by atoms with van der Waals surface area (Å²) in [6.07, 6.45) is 7.19. The van der Waals surface area contributed by atoms with E-state index in [-0.39, 0.29) is 18.0 Å². The normalized spacial score (nSPS) is 21.4. The first-order valence-electron chi connectivity index (χ1n) is 12.1. The summed E-state index contributed by atoms with van der Waals surface area (Å²) in [5, 5.41) is 6.16. The Balaban J connectivity index is 1.45. The van der Waals surface area contributed by atoms with E-state index in [1.807, 2.05) is 11.5 Å². The Hall–Kier alpha value is -2.92. The van der Waals surface area contributed by atoms with Gasteiger partial charge in [0, 0.05) is 44.0 Å². The Bertz CT molecular complexity index is 1150. The number of anilines is 3. The molecule has 2 aromatic heterocycles. The minimum atomic E-state index is -1.04. The van der Waals surface area contributed by atoms with E-state index in [9.17, 15) is 13.2 Å². The first-order chi connectivity index (χ1) is 17.0. The lowest BCUT2D eigenvalue weighted by Gasteiger charge is -2.29. The fourth-order valence-corrected chi connectivity index (χ4v) is 4.90. The van der Waals surface area contributed by atoms with Crippen LogP contribution < -0.4 is 10.6 Å². The largest absolute Gasteiger partial charge is 0.381 e. The van der Waals surface area contributed by atoms with E-state index in [1.54, 1.807) is 6.20 Å². The van der Waals surface area contributed by atoms with Gasteiger partial charge in [0.25, 0.3) is 0 Å². The third kappa shape index (κ3) is 5.20. The van der Waals surface area contributed by atoms with Crippen LogP contribution in [-0.4, -0.2) is 51.5 Å². The molecule has 0 radical (unpaired) electrons. The van der Waals surface area contributed by atoms with E-state index in [4.69, 9.17) is 14.5 Å². The van der Waals surface area contributed by atoms with Crippen molar-refractivity contribution in [1.29, 1.82) is 0 Å². The molecule has 5 rings (SSSR count). The molecule has 2 aliphatic rings. The smallest absolute Gasteiger partial charge is 0.224 e. The van der Waals surface area contributed by atoms with E-state index in [0.29, 0.717) is 61.4 Å². The molecule has 8 nitrogen and oxygen atoms in total. The first kappa shape index (κ1) is 23.8. The highest BCUT2D eigenvalue weighted by Gasteiger charge is 2.26. The maximum Gasteiger partial charge on any atom is 0.224 e. The number of rotatable bonds is 7. The molecule has 35 heavy (non-hydrogen) atoms. The van der Waals surface area contributed by atoms with Crippen LogP contribution in [0.2, 0.25) is 0 Å². The van der Waals surface area contributed by atoms with Gasteiger partial charge in [0.05, 0.1) is 12.3 Å². The average molecular weight is 491 g/mol. The third-order valence-corrected chi connectivity index (χ3v) is 6.64. The maximum absolute atomic E-state index is 14.4. The number of halogens is 3. The summed E-state index contributed by atoms with van der Waals surface area (Å²) in [5.41, 5.74) is 0.586. The molecular formula is C24H29F3N6O2. The van der Waals surface area contributed by atoms with Crippen LogP contribution in [0.4, 0.5) is 30.8 Å². The van der Waals surface area contributed by atoms with Gasteiger partial charge in [-0.25, -0.2) is 23.1 Å².